The normalized spacial score (nSPS) is 11.1. The van der Waals surface area contributed by atoms with Gasteiger partial charge in [-0.05, 0) is 38.5 Å². The average Bonchev–Trinajstić information content (AvgIpc) is 2.82. The molecule has 0 aliphatic rings. The maximum atomic E-state index is 8.74. The van der Waals surface area contributed by atoms with Gasteiger partial charge >= 0.3 is 63.0 Å². The molecule has 224 valence electrons. The van der Waals surface area contributed by atoms with Crippen LogP contribution in [0.3, 0.4) is 0 Å². The third-order valence-electron chi connectivity index (χ3n) is 6.44. The molecule has 0 spiro atoms. The second-order valence-corrected chi connectivity index (χ2v) is 11.1. The molecule has 0 amide bonds. The van der Waals surface area contributed by atoms with Crippen LogP contribution in [-0.4, -0.2) is 83.3 Å². The van der Waals surface area contributed by atoms with E-state index in [0.717, 1.165) is 13.2 Å². The van der Waals surface area contributed by atoms with Gasteiger partial charge in [0.25, 0.3) is 0 Å². The van der Waals surface area contributed by atoms with Gasteiger partial charge in [-0.3, -0.25) is 9.11 Å². The van der Waals surface area contributed by atoms with Gasteiger partial charge in [0.2, 0.25) is 0 Å². The Bertz CT molecular complexity index is 525. The third-order valence-corrected chi connectivity index (χ3v) is 6.44. The Morgan fingerprint density at radius 3 is 1.03 bits per heavy atom. The predicted octanol–water partition coefficient (Wildman–Crippen LogP) is 8.74. The summed E-state index contributed by atoms with van der Waals surface area (Å²) in [6, 6.07) is 0. The Balaban J connectivity index is -0.000000749. The molecule has 0 saturated carbocycles. The van der Waals surface area contributed by atoms with Crippen molar-refractivity contribution in [3.63, 3.8) is 0 Å². The fraction of sp³-hybridized carbons (Fsp3) is 0.933. The van der Waals surface area contributed by atoms with E-state index in [-0.39, 0.29) is 52.6 Å². The van der Waals surface area contributed by atoms with E-state index >= 15 is 0 Å². The van der Waals surface area contributed by atoms with Crippen molar-refractivity contribution >= 4 is 63.0 Å². The second kappa shape index (κ2) is 40.5. The molecule has 0 aromatic heterocycles. The molecular formula is C30H65MgNaO5S. The van der Waals surface area contributed by atoms with E-state index in [9.17, 15) is 0 Å². The summed E-state index contributed by atoms with van der Waals surface area (Å²) in [7, 11) is -4.67. The standard InChI is InChI=1S/C30H60O.Mg.Na.H2O4S.3H/c1-3-5-7-9-11-13-15-16-17-18-19-20-22-24-26-28-30-31-29-27-25-23-21-14-12-10-8-6-4-2;;;1-5(2,3)4;;;/h16-17H,3-15,18-30H2,1-2H3;;;(H2,1,2,3,4);;;/b17-16-;;;;;;. The summed E-state index contributed by atoms with van der Waals surface area (Å²) < 4.78 is 37.4. The fourth-order valence-electron chi connectivity index (χ4n) is 4.25. The van der Waals surface area contributed by atoms with E-state index in [0.29, 0.717) is 0 Å². The molecular weight excluding hydrogens is 520 g/mol. The van der Waals surface area contributed by atoms with Crippen LogP contribution in [0.1, 0.15) is 168 Å². The van der Waals surface area contributed by atoms with E-state index in [1.165, 1.54) is 154 Å². The molecule has 0 aliphatic heterocycles. The van der Waals surface area contributed by atoms with E-state index in [4.69, 9.17) is 22.3 Å². The summed E-state index contributed by atoms with van der Waals surface area (Å²) >= 11 is 0. The van der Waals surface area contributed by atoms with Crippen LogP contribution in [0, 0.1) is 0 Å². The van der Waals surface area contributed by atoms with Crippen LogP contribution in [0.15, 0.2) is 12.2 Å². The molecule has 0 radical (unpaired) electrons. The number of hydrogen-bond donors (Lipinski definition) is 2. The van der Waals surface area contributed by atoms with Crippen LogP contribution in [0.25, 0.3) is 0 Å². The van der Waals surface area contributed by atoms with Crippen molar-refractivity contribution in [3.05, 3.63) is 12.2 Å². The van der Waals surface area contributed by atoms with Gasteiger partial charge in [0.05, 0.1) is 0 Å². The van der Waals surface area contributed by atoms with Gasteiger partial charge in [0.1, 0.15) is 0 Å². The van der Waals surface area contributed by atoms with Gasteiger partial charge in [-0.2, -0.15) is 8.42 Å². The molecule has 38 heavy (non-hydrogen) atoms. The molecule has 2 N–H and O–H groups in total. The van der Waals surface area contributed by atoms with Crippen LogP contribution in [0.2, 0.25) is 0 Å². The molecule has 0 heterocycles. The van der Waals surface area contributed by atoms with Crippen LogP contribution >= 0.6 is 0 Å². The van der Waals surface area contributed by atoms with Gasteiger partial charge in [0.15, 0.2) is 0 Å². The average molecular weight is 585 g/mol. The molecule has 0 aliphatic carbocycles. The van der Waals surface area contributed by atoms with Gasteiger partial charge in [-0.25, -0.2) is 0 Å². The molecule has 0 saturated heterocycles. The predicted molar refractivity (Wildman–Crippen MR) is 172 cm³/mol. The van der Waals surface area contributed by atoms with Crippen LogP contribution in [0.4, 0.5) is 0 Å². The summed E-state index contributed by atoms with van der Waals surface area (Å²) in [5.41, 5.74) is 0. The summed E-state index contributed by atoms with van der Waals surface area (Å²) in [4.78, 5) is 0. The Morgan fingerprint density at radius 2 is 0.737 bits per heavy atom. The fourth-order valence-corrected chi connectivity index (χ4v) is 4.25. The Morgan fingerprint density at radius 1 is 0.500 bits per heavy atom. The zero-order valence-electron chi connectivity index (χ0n) is 24.1. The van der Waals surface area contributed by atoms with E-state index in [2.05, 4.69) is 26.0 Å². The minimum absolute atomic E-state index is 0. The van der Waals surface area contributed by atoms with Gasteiger partial charge in [0, 0.05) is 13.2 Å². The zero-order chi connectivity index (χ0) is 27.0. The minimum atomic E-state index is -4.67. The summed E-state index contributed by atoms with van der Waals surface area (Å²) in [5, 5.41) is 0. The number of allylic oxidation sites excluding steroid dienone is 2. The second-order valence-electron chi connectivity index (χ2n) is 10.2. The molecule has 0 atom stereocenters. The number of rotatable bonds is 27. The van der Waals surface area contributed by atoms with Crippen LogP contribution in [0.5, 0.6) is 0 Å². The van der Waals surface area contributed by atoms with Crippen molar-refractivity contribution < 1.29 is 22.3 Å². The number of unbranched alkanes of at least 4 members (excludes halogenated alkanes) is 21. The summed E-state index contributed by atoms with van der Waals surface area (Å²) in [5.74, 6) is 0. The molecule has 0 bridgehead atoms. The number of hydrogen-bond acceptors (Lipinski definition) is 3. The van der Waals surface area contributed by atoms with E-state index in [1.54, 1.807) is 0 Å². The molecule has 0 rings (SSSR count). The quantitative estimate of drug-likeness (QED) is 0.0436. The van der Waals surface area contributed by atoms with Gasteiger partial charge in [-0.1, -0.05) is 142 Å². The topological polar surface area (TPSA) is 83.8 Å². The van der Waals surface area contributed by atoms with Gasteiger partial charge in [-0.15, -0.1) is 0 Å². The zero-order valence-corrected chi connectivity index (χ0v) is 24.9. The molecule has 0 aromatic rings. The first-order valence-electron chi connectivity index (χ1n) is 15.3. The van der Waals surface area contributed by atoms with Crippen LogP contribution < -0.4 is 0 Å². The number of ether oxygens (including phenoxy) is 1. The maximum absolute atomic E-state index is 8.74. The summed E-state index contributed by atoms with van der Waals surface area (Å²) in [6.45, 7) is 6.55. The molecule has 0 unspecified atom stereocenters. The van der Waals surface area contributed by atoms with Crippen molar-refractivity contribution in [1.82, 2.24) is 0 Å². The third kappa shape index (κ3) is 57.3. The van der Waals surface area contributed by atoms with Crippen molar-refractivity contribution in [2.24, 2.45) is 0 Å². The first-order chi connectivity index (χ1) is 17.4. The van der Waals surface area contributed by atoms with E-state index in [1.807, 2.05) is 0 Å². The SMILES string of the molecule is CCCCCCCC/C=C\CCCCCCCCOCCCCCCCCCCCC.O=S(=O)(O)O.[MgH2].[NaH]. The molecule has 0 aromatic carbocycles. The van der Waals surface area contributed by atoms with Crippen molar-refractivity contribution in [1.29, 1.82) is 0 Å². The van der Waals surface area contributed by atoms with Crippen molar-refractivity contribution in [3.8, 4) is 0 Å². The van der Waals surface area contributed by atoms with Gasteiger partial charge < -0.3 is 4.74 Å². The Hall–Kier alpha value is 1.34. The molecule has 8 heteroatoms. The summed E-state index contributed by atoms with van der Waals surface area (Å²) in [6.07, 6.45) is 38.1. The Labute approximate surface area is 276 Å². The van der Waals surface area contributed by atoms with Crippen molar-refractivity contribution in [2.75, 3.05) is 13.2 Å². The monoisotopic (exact) mass is 584 g/mol. The molecule has 5 nitrogen and oxygen atoms in total. The van der Waals surface area contributed by atoms with Crippen LogP contribution in [-0.2, 0) is 15.1 Å². The molecule has 0 fully saturated rings. The Kier molecular flexibility index (Phi) is 49.3. The van der Waals surface area contributed by atoms with Crippen molar-refractivity contribution in [2.45, 2.75) is 168 Å². The van der Waals surface area contributed by atoms with E-state index < -0.39 is 10.4 Å². The first kappa shape index (κ1) is 46.3. The first-order valence-corrected chi connectivity index (χ1v) is 16.7.